The van der Waals surface area contributed by atoms with Crippen LogP contribution in [0.4, 0.5) is 4.79 Å². The van der Waals surface area contributed by atoms with Gasteiger partial charge < -0.3 is 10.1 Å². The van der Waals surface area contributed by atoms with Crippen molar-refractivity contribution in [2.75, 3.05) is 11.5 Å². The van der Waals surface area contributed by atoms with Gasteiger partial charge in [0.05, 0.1) is 27.4 Å². The van der Waals surface area contributed by atoms with Crippen molar-refractivity contribution in [1.82, 2.24) is 5.32 Å². The number of hydrogen-bond acceptors (Lipinski definition) is 4. The molecule has 2 rings (SSSR count). The topological polar surface area (TPSA) is 72.5 Å². The summed E-state index contributed by atoms with van der Waals surface area (Å²) in [6, 6.07) is 6.23. The third-order valence-electron chi connectivity index (χ3n) is 2.63. The largest absolute Gasteiger partial charge is 0.412 e. The van der Waals surface area contributed by atoms with Crippen LogP contribution in [0.25, 0.3) is 0 Å². The van der Waals surface area contributed by atoms with E-state index in [1.165, 1.54) is 0 Å². The Kier molecular flexibility index (Phi) is 4.37. The molecule has 19 heavy (non-hydrogen) atoms. The fraction of sp³-hybridized carbons (Fsp3) is 0.364. The minimum atomic E-state index is -3.18. The molecule has 1 amide bonds. The third kappa shape index (κ3) is 3.84. The molecule has 1 aliphatic rings. The summed E-state index contributed by atoms with van der Waals surface area (Å²) in [4.78, 5) is 11.7. The number of nitrogens with one attached hydrogen (secondary N) is 1. The van der Waals surface area contributed by atoms with Gasteiger partial charge in [0.15, 0.2) is 9.84 Å². The zero-order chi connectivity index (χ0) is 14.0. The van der Waals surface area contributed by atoms with Gasteiger partial charge in [-0.3, -0.25) is 0 Å². The van der Waals surface area contributed by atoms with Crippen molar-refractivity contribution in [2.45, 2.75) is 11.4 Å². The van der Waals surface area contributed by atoms with Crippen LogP contribution in [-0.4, -0.2) is 37.4 Å². The first-order valence-electron chi connectivity index (χ1n) is 5.45. The van der Waals surface area contributed by atoms with E-state index < -0.39 is 27.3 Å². The second-order valence-corrected chi connectivity index (χ2v) is 7.73. The van der Waals surface area contributed by atoms with Crippen molar-refractivity contribution < 1.29 is 17.9 Å². The Morgan fingerprint density at radius 2 is 2.05 bits per heavy atom. The van der Waals surface area contributed by atoms with Gasteiger partial charge in [-0.1, -0.05) is 12.1 Å². The van der Waals surface area contributed by atoms with Crippen LogP contribution in [0.5, 0.6) is 5.75 Å². The zero-order valence-electron chi connectivity index (χ0n) is 9.68. The van der Waals surface area contributed by atoms with E-state index in [1.54, 1.807) is 24.3 Å². The monoisotopic (exact) mass is 367 g/mol. The lowest BCUT2D eigenvalue weighted by molar-refractivity contribution is 0.197. The average Bonchev–Trinajstić information content (AvgIpc) is 2.55. The highest BCUT2D eigenvalue weighted by Crippen LogP contribution is 2.24. The first-order chi connectivity index (χ1) is 8.87. The van der Waals surface area contributed by atoms with Crippen LogP contribution in [0.2, 0.25) is 0 Å². The molecule has 1 heterocycles. The van der Waals surface area contributed by atoms with E-state index >= 15 is 0 Å². The molecule has 1 saturated heterocycles. The molecule has 8 heteroatoms. The molecule has 0 aromatic heterocycles. The molecule has 2 unspecified atom stereocenters. The summed E-state index contributed by atoms with van der Waals surface area (Å²) in [5.74, 6) is 0.0628. The number of alkyl halides is 1. The number of hydrogen-bond donors (Lipinski definition) is 1. The van der Waals surface area contributed by atoms with E-state index in [9.17, 15) is 13.2 Å². The number of benzene rings is 1. The van der Waals surface area contributed by atoms with Gasteiger partial charge in [0.1, 0.15) is 5.75 Å². The molecule has 1 aromatic rings. The second kappa shape index (κ2) is 5.68. The van der Waals surface area contributed by atoms with Crippen molar-refractivity contribution in [2.24, 2.45) is 0 Å². The molecule has 1 N–H and O–H groups in total. The first kappa shape index (κ1) is 14.6. The number of carbonyl (C=O) groups excluding carboxylic acids is 1. The Hall–Kier alpha value is -0.790. The number of ether oxygens (including phenoxy) is 1. The molecule has 0 radical (unpaired) electrons. The van der Waals surface area contributed by atoms with Gasteiger partial charge in [-0.25, -0.2) is 13.2 Å². The predicted octanol–water partition coefficient (Wildman–Crippen LogP) is 1.94. The smallest absolute Gasteiger partial charge is 0.409 e. The Balaban J connectivity index is 1.98. The number of amides is 1. The van der Waals surface area contributed by atoms with E-state index in [2.05, 4.69) is 21.2 Å². The second-order valence-electron chi connectivity index (χ2n) is 4.16. The lowest BCUT2D eigenvalue weighted by atomic mass is 10.3. The number of rotatable bonds is 2. The first-order valence-corrected chi connectivity index (χ1v) is 8.50. The van der Waals surface area contributed by atoms with Gasteiger partial charge in [-0.05, 0) is 28.1 Å². The molecule has 0 aliphatic carbocycles. The molecule has 104 valence electrons. The Bertz CT molecular complexity index is 592. The van der Waals surface area contributed by atoms with Crippen LogP contribution < -0.4 is 10.1 Å². The molecule has 1 aromatic carbocycles. The van der Waals surface area contributed by atoms with Crippen LogP contribution in [0.1, 0.15) is 0 Å². The number of halogens is 2. The molecule has 0 bridgehead atoms. The summed E-state index contributed by atoms with van der Waals surface area (Å²) in [5, 5.41) is 1.84. The van der Waals surface area contributed by atoms with Crippen molar-refractivity contribution in [3.8, 4) is 5.75 Å². The molecule has 0 saturated carbocycles. The fourth-order valence-electron chi connectivity index (χ4n) is 1.75. The third-order valence-corrected chi connectivity index (χ3v) is 5.66. The van der Waals surface area contributed by atoms with Crippen LogP contribution in [0, 0.1) is 0 Å². The van der Waals surface area contributed by atoms with E-state index in [0.29, 0.717) is 10.2 Å². The molecule has 5 nitrogen and oxygen atoms in total. The Labute approximate surface area is 124 Å². The van der Waals surface area contributed by atoms with E-state index in [-0.39, 0.29) is 11.5 Å². The summed E-state index contributed by atoms with van der Waals surface area (Å²) < 4.78 is 28.4. The van der Waals surface area contributed by atoms with Crippen LogP contribution in [-0.2, 0) is 9.84 Å². The average molecular weight is 369 g/mol. The van der Waals surface area contributed by atoms with Crippen molar-refractivity contribution >= 4 is 43.5 Å². The van der Waals surface area contributed by atoms with E-state index in [4.69, 9.17) is 16.3 Å². The molecule has 1 aliphatic heterocycles. The Morgan fingerprint density at radius 3 is 2.63 bits per heavy atom. The lowest BCUT2D eigenvalue weighted by Gasteiger charge is -2.14. The summed E-state index contributed by atoms with van der Waals surface area (Å²) in [5.41, 5.74) is 0. The fourth-order valence-corrected chi connectivity index (χ4v) is 4.66. The maximum atomic E-state index is 11.7. The van der Waals surface area contributed by atoms with Crippen LogP contribution in [0.15, 0.2) is 28.7 Å². The van der Waals surface area contributed by atoms with E-state index in [1.807, 2.05) is 0 Å². The summed E-state index contributed by atoms with van der Waals surface area (Å²) in [7, 11) is -3.18. The van der Waals surface area contributed by atoms with Crippen molar-refractivity contribution in [3.05, 3.63) is 28.7 Å². The number of carbonyl (C=O) groups is 1. The van der Waals surface area contributed by atoms with Crippen molar-refractivity contribution in [3.63, 3.8) is 0 Å². The minimum absolute atomic E-state index is 0.130. The Morgan fingerprint density at radius 1 is 1.37 bits per heavy atom. The highest BCUT2D eigenvalue weighted by Gasteiger charge is 2.37. The summed E-state index contributed by atoms with van der Waals surface area (Å²) in [6.45, 7) is 0. The van der Waals surface area contributed by atoms with Gasteiger partial charge in [-0.2, -0.15) is 0 Å². The van der Waals surface area contributed by atoms with Crippen molar-refractivity contribution in [1.29, 1.82) is 0 Å². The van der Waals surface area contributed by atoms with Crippen LogP contribution in [0.3, 0.4) is 0 Å². The number of sulfone groups is 1. The molecular formula is C11H11BrClNO4S. The highest BCUT2D eigenvalue weighted by molar-refractivity contribution is 9.10. The van der Waals surface area contributed by atoms with E-state index in [0.717, 1.165) is 0 Å². The highest BCUT2D eigenvalue weighted by atomic mass is 79.9. The zero-order valence-corrected chi connectivity index (χ0v) is 12.8. The van der Waals surface area contributed by atoms with Gasteiger partial charge in [-0.15, -0.1) is 11.6 Å². The lowest BCUT2D eigenvalue weighted by Crippen LogP contribution is -2.42. The minimum Gasteiger partial charge on any atom is -0.409 e. The summed E-state index contributed by atoms with van der Waals surface area (Å²) >= 11 is 9.12. The van der Waals surface area contributed by atoms with Gasteiger partial charge in [0.25, 0.3) is 0 Å². The van der Waals surface area contributed by atoms with Gasteiger partial charge >= 0.3 is 6.09 Å². The maximum absolute atomic E-state index is 11.7. The van der Waals surface area contributed by atoms with Gasteiger partial charge in [0.2, 0.25) is 0 Å². The van der Waals surface area contributed by atoms with Crippen LogP contribution >= 0.6 is 27.5 Å². The standard InChI is InChI=1S/C11H11BrClNO4S/c12-7-3-1-2-4-10(7)18-11(15)14-9-6-19(16,17)5-8(9)13/h1-4,8-9H,5-6H2,(H,14,15). The molecular weight excluding hydrogens is 358 g/mol. The number of para-hydroxylation sites is 1. The summed E-state index contributed by atoms with van der Waals surface area (Å²) in [6.07, 6.45) is -0.723. The quantitative estimate of drug-likeness (QED) is 0.810. The molecule has 2 atom stereocenters. The molecule has 1 fully saturated rings. The maximum Gasteiger partial charge on any atom is 0.412 e. The predicted molar refractivity (Wildman–Crippen MR) is 75.4 cm³/mol. The van der Waals surface area contributed by atoms with Gasteiger partial charge in [0, 0.05) is 0 Å². The normalized spacial score (nSPS) is 24.9. The SMILES string of the molecule is O=C(NC1CS(=O)(=O)CC1Cl)Oc1ccccc1Br. The molecule has 0 spiro atoms.